The van der Waals surface area contributed by atoms with Gasteiger partial charge >= 0.3 is 0 Å². The van der Waals surface area contributed by atoms with Gasteiger partial charge in [0.2, 0.25) is 5.91 Å². The predicted molar refractivity (Wildman–Crippen MR) is 88.0 cm³/mol. The number of anilines is 1. The lowest BCUT2D eigenvalue weighted by Gasteiger charge is -2.22. The average Bonchev–Trinajstić information content (AvgIpc) is 2.97. The predicted octanol–water partition coefficient (Wildman–Crippen LogP) is 1.40. The van der Waals surface area contributed by atoms with Crippen molar-refractivity contribution >= 4 is 23.3 Å². The molecule has 1 aliphatic rings. The number of aromatic nitrogens is 2. The van der Waals surface area contributed by atoms with Gasteiger partial charge < -0.3 is 15.5 Å². The monoisotopic (exact) mass is 331 g/mol. The molecule has 5 N–H and O–H groups in total. The average molecular weight is 331 g/mol. The summed E-state index contributed by atoms with van der Waals surface area (Å²) in [6, 6.07) is 3.38. The maximum absolute atomic E-state index is 11.5. The second-order valence-electron chi connectivity index (χ2n) is 6.08. The highest BCUT2D eigenvalue weighted by Gasteiger charge is 2.24. The summed E-state index contributed by atoms with van der Waals surface area (Å²) in [7, 11) is 0. The van der Waals surface area contributed by atoms with E-state index in [1.165, 1.54) is 6.42 Å². The molecule has 24 heavy (non-hydrogen) atoms. The van der Waals surface area contributed by atoms with Gasteiger partial charge in [-0.15, -0.1) is 0 Å². The van der Waals surface area contributed by atoms with Crippen molar-refractivity contribution in [2.45, 2.75) is 38.0 Å². The lowest BCUT2D eigenvalue weighted by molar-refractivity contribution is -0.127. The van der Waals surface area contributed by atoms with Crippen molar-refractivity contribution in [1.29, 1.82) is 0 Å². The summed E-state index contributed by atoms with van der Waals surface area (Å²) in [4.78, 5) is 27.3. The molecule has 1 fully saturated rings. The van der Waals surface area contributed by atoms with E-state index in [1.54, 1.807) is 23.8 Å². The molecule has 128 valence electrons. The quantitative estimate of drug-likeness (QED) is 0.487. The SMILES string of the molecule is NC(=O)c1ccc2nc(NCC(=O)NO)c(C3CCCCC3)n2c1. The van der Waals surface area contributed by atoms with Crippen LogP contribution in [0.15, 0.2) is 18.3 Å². The van der Waals surface area contributed by atoms with Gasteiger partial charge in [-0.05, 0) is 25.0 Å². The zero-order valence-corrected chi connectivity index (χ0v) is 13.3. The third-order valence-electron chi connectivity index (χ3n) is 4.47. The van der Waals surface area contributed by atoms with Gasteiger partial charge in [0.15, 0.2) is 0 Å². The Morgan fingerprint density at radius 3 is 2.71 bits per heavy atom. The van der Waals surface area contributed by atoms with Crippen LogP contribution >= 0.6 is 0 Å². The number of fused-ring (bicyclic) bond motifs is 1. The number of hydroxylamine groups is 1. The van der Waals surface area contributed by atoms with Crippen molar-refractivity contribution < 1.29 is 14.8 Å². The molecule has 0 aromatic carbocycles. The van der Waals surface area contributed by atoms with E-state index in [0.717, 1.165) is 31.4 Å². The summed E-state index contributed by atoms with van der Waals surface area (Å²) in [5, 5.41) is 11.6. The topological polar surface area (TPSA) is 122 Å². The zero-order valence-electron chi connectivity index (χ0n) is 13.3. The van der Waals surface area contributed by atoms with Crippen molar-refractivity contribution in [2.75, 3.05) is 11.9 Å². The third kappa shape index (κ3) is 3.18. The van der Waals surface area contributed by atoms with E-state index in [1.807, 2.05) is 4.40 Å². The Morgan fingerprint density at radius 1 is 1.29 bits per heavy atom. The molecule has 0 bridgehead atoms. The first-order chi connectivity index (χ1) is 11.6. The van der Waals surface area contributed by atoms with Crippen LogP contribution in [-0.4, -0.2) is 33.0 Å². The number of amides is 2. The molecule has 0 radical (unpaired) electrons. The Balaban J connectivity index is 2.04. The molecule has 0 spiro atoms. The Labute approximate surface area is 139 Å². The fourth-order valence-corrected chi connectivity index (χ4v) is 3.31. The Bertz CT molecular complexity index is 764. The molecule has 8 heteroatoms. The fraction of sp³-hybridized carbons (Fsp3) is 0.438. The van der Waals surface area contributed by atoms with E-state index in [0.29, 0.717) is 22.9 Å². The lowest BCUT2D eigenvalue weighted by atomic mass is 9.86. The Morgan fingerprint density at radius 2 is 2.04 bits per heavy atom. The first kappa shape index (κ1) is 16.3. The lowest BCUT2D eigenvalue weighted by Crippen LogP contribution is -2.27. The number of nitrogens with one attached hydrogen (secondary N) is 2. The van der Waals surface area contributed by atoms with E-state index >= 15 is 0 Å². The molecule has 1 saturated carbocycles. The largest absolute Gasteiger partial charge is 0.366 e. The van der Waals surface area contributed by atoms with Crippen molar-refractivity contribution in [3.8, 4) is 0 Å². The van der Waals surface area contributed by atoms with Crippen molar-refractivity contribution in [3.05, 3.63) is 29.6 Å². The number of nitrogens with zero attached hydrogens (tertiary/aromatic N) is 2. The van der Waals surface area contributed by atoms with Crippen LogP contribution in [0.4, 0.5) is 5.82 Å². The van der Waals surface area contributed by atoms with Crippen LogP contribution in [0.5, 0.6) is 0 Å². The highest BCUT2D eigenvalue weighted by Crippen LogP contribution is 2.36. The van der Waals surface area contributed by atoms with Crippen LogP contribution in [0.1, 0.15) is 54.1 Å². The molecule has 8 nitrogen and oxygen atoms in total. The molecule has 0 aliphatic heterocycles. The minimum Gasteiger partial charge on any atom is -0.366 e. The first-order valence-electron chi connectivity index (χ1n) is 8.08. The molecule has 0 atom stereocenters. The number of pyridine rings is 1. The van der Waals surface area contributed by atoms with Gasteiger partial charge in [-0.3, -0.25) is 14.8 Å². The highest BCUT2D eigenvalue weighted by atomic mass is 16.5. The number of carbonyl (C=O) groups excluding carboxylic acids is 2. The van der Waals surface area contributed by atoms with E-state index in [-0.39, 0.29) is 6.54 Å². The van der Waals surface area contributed by atoms with Crippen LogP contribution < -0.4 is 16.5 Å². The molecule has 2 amide bonds. The van der Waals surface area contributed by atoms with Crippen LogP contribution in [0.2, 0.25) is 0 Å². The number of hydrogen-bond donors (Lipinski definition) is 4. The Hall–Kier alpha value is -2.61. The molecule has 1 aliphatic carbocycles. The van der Waals surface area contributed by atoms with Gasteiger partial charge in [0.25, 0.3) is 5.91 Å². The van der Waals surface area contributed by atoms with Crippen LogP contribution in [-0.2, 0) is 4.79 Å². The van der Waals surface area contributed by atoms with Crippen molar-refractivity contribution in [1.82, 2.24) is 14.9 Å². The van der Waals surface area contributed by atoms with Gasteiger partial charge in [0.05, 0.1) is 17.8 Å². The van der Waals surface area contributed by atoms with E-state index in [9.17, 15) is 9.59 Å². The minimum atomic E-state index is -0.542. The summed E-state index contributed by atoms with van der Waals surface area (Å²) < 4.78 is 1.88. The Kier molecular flexibility index (Phi) is 4.66. The fourth-order valence-electron chi connectivity index (χ4n) is 3.31. The maximum Gasteiger partial charge on any atom is 0.262 e. The molecule has 0 saturated heterocycles. The second kappa shape index (κ2) is 6.88. The second-order valence-corrected chi connectivity index (χ2v) is 6.08. The maximum atomic E-state index is 11.5. The number of nitrogens with two attached hydrogens (primary N) is 1. The third-order valence-corrected chi connectivity index (χ3v) is 4.47. The van der Waals surface area contributed by atoms with Crippen molar-refractivity contribution in [2.24, 2.45) is 5.73 Å². The van der Waals surface area contributed by atoms with Crippen LogP contribution in [0.3, 0.4) is 0 Å². The van der Waals surface area contributed by atoms with E-state index in [2.05, 4.69) is 10.3 Å². The van der Waals surface area contributed by atoms with Gasteiger partial charge in [-0.1, -0.05) is 19.3 Å². The van der Waals surface area contributed by atoms with E-state index < -0.39 is 11.8 Å². The summed E-state index contributed by atoms with van der Waals surface area (Å²) in [5.41, 5.74) is 9.04. The molecule has 2 aromatic heterocycles. The summed E-state index contributed by atoms with van der Waals surface area (Å²) in [6.07, 6.45) is 7.28. The number of imidazole rings is 1. The van der Waals surface area contributed by atoms with Gasteiger partial charge in [-0.25, -0.2) is 10.5 Å². The number of carbonyl (C=O) groups is 2. The first-order valence-corrected chi connectivity index (χ1v) is 8.08. The molecular formula is C16H21N5O3. The molecule has 2 heterocycles. The summed E-state index contributed by atoms with van der Waals surface area (Å²) in [6.45, 7) is -0.0806. The number of rotatable bonds is 5. The van der Waals surface area contributed by atoms with Crippen molar-refractivity contribution in [3.63, 3.8) is 0 Å². The molecular weight excluding hydrogens is 310 g/mol. The summed E-state index contributed by atoms with van der Waals surface area (Å²) in [5.74, 6) is -0.127. The normalized spacial score (nSPS) is 15.4. The van der Waals surface area contributed by atoms with Crippen LogP contribution in [0.25, 0.3) is 5.65 Å². The smallest absolute Gasteiger partial charge is 0.262 e. The van der Waals surface area contributed by atoms with Crippen LogP contribution in [0, 0.1) is 0 Å². The standard InChI is InChI=1S/C16H21N5O3/c17-15(23)11-6-7-12-19-16(18-8-13(22)20-24)14(21(12)9-11)10-4-2-1-3-5-10/h6-7,9-10,18,24H,1-5,8H2,(H2,17,23)(H,20,22). The number of hydrogen-bond acceptors (Lipinski definition) is 5. The zero-order chi connectivity index (χ0) is 17.1. The van der Waals surface area contributed by atoms with Gasteiger partial charge in [-0.2, -0.15) is 0 Å². The molecule has 3 rings (SSSR count). The minimum absolute atomic E-state index is 0.0806. The molecule has 0 unspecified atom stereocenters. The summed E-state index contributed by atoms with van der Waals surface area (Å²) >= 11 is 0. The molecule has 2 aromatic rings. The van der Waals surface area contributed by atoms with E-state index in [4.69, 9.17) is 10.9 Å². The van der Waals surface area contributed by atoms with Gasteiger partial charge in [0, 0.05) is 12.1 Å². The number of primary amides is 1. The highest BCUT2D eigenvalue weighted by molar-refractivity contribution is 5.92. The van der Waals surface area contributed by atoms with Gasteiger partial charge in [0.1, 0.15) is 11.5 Å².